The van der Waals surface area contributed by atoms with Crippen LogP contribution in [0.5, 0.6) is 0 Å². The number of amides is 1. The van der Waals surface area contributed by atoms with Crippen LogP contribution in [0.1, 0.15) is 26.3 Å². The molecule has 2 atom stereocenters. The van der Waals surface area contributed by atoms with E-state index < -0.39 is 0 Å². The third-order valence-corrected chi connectivity index (χ3v) is 3.44. The second kappa shape index (κ2) is 5.71. The molecule has 1 aliphatic heterocycles. The van der Waals surface area contributed by atoms with E-state index in [2.05, 4.69) is 24.1 Å². The lowest BCUT2D eigenvalue weighted by Gasteiger charge is -2.37. The number of nitrogen functional groups attached to an aromatic ring is 1. The highest BCUT2D eigenvalue weighted by Crippen LogP contribution is 2.31. The van der Waals surface area contributed by atoms with Crippen LogP contribution in [0.25, 0.3) is 0 Å². The smallest absolute Gasteiger partial charge is 0.221 e. The Hall–Kier alpha value is -1.75. The summed E-state index contributed by atoms with van der Waals surface area (Å²) in [5.74, 6) is -0.116. The lowest BCUT2D eigenvalue weighted by atomic mass is 10.1. The zero-order valence-electron chi connectivity index (χ0n) is 12.6. The normalized spacial score (nSPS) is 22.7. The molecule has 1 saturated heterocycles. The van der Waals surface area contributed by atoms with E-state index >= 15 is 0 Å². The van der Waals surface area contributed by atoms with Gasteiger partial charge in [0.15, 0.2) is 0 Å². The van der Waals surface area contributed by atoms with Crippen LogP contribution in [0, 0.1) is 6.92 Å². The molecule has 5 heteroatoms. The summed E-state index contributed by atoms with van der Waals surface area (Å²) in [6.45, 7) is 9.35. The van der Waals surface area contributed by atoms with Gasteiger partial charge in [-0.1, -0.05) is 0 Å². The molecule has 2 unspecified atom stereocenters. The number of anilines is 3. The summed E-state index contributed by atoms with van der Waals surface area (Å²) < 4.78 is 5.76. The second-order valence-electron chi connectivity index (χ2n) is 5.57. The molecule has 0 aromatic heterocycles. The lowest BCUT2D eigenvalue weighted by Crippen LogP contribution is -2.45. The number of ether oxygens (including phenoxy) is 1. The van der Waals surface area contributed by atoms with Crippen LogP contribution in [0.4, 0.5) is 17.1 Å². The molecule has 0 radical (unpaired) electrons. The molecule has 110 valence electrons. The first-order valence-electron chi connectivity index (χ1n) is 6.95. The maximum absolute atomic E-state index is 11.2. The van der Waals surface area contributed by atoms with Crippen LogP contribution in [-0.2, 0) is 9.53 Å². The molecule has 20 heavy (non-hydrogen) atoms. The molecule has 0 saturated carbocycles. The number of nitrogens with one attached hydrogen (secondary N) is 1. The highest BCUT2D eigenvalue weighted by Gasteiger charge is 2.24. The highest BCUT2D eigenvalue weighted by molar-refractivity contribution is 5.93. The predicted molar refractivity (Wildman–Crippen MR) is 82.1 cm³/mol. The Morgan fingerprint density at radius 2 is 1.95 bits per heavy atom. The molecule has 1 fully saturated rings. The van der Waals surface area contributed by atoms with Gasteiger partial charge in [0.1, 0.15) is 0 Å². The van der Waals surface area contributed by atoms with Gasteiger partial charge in [-0.25, -0.2) is 0 Å². The topological polar surface area (TPSA) is 67.6 Å². The number of hydrogen-bond acceptors (Lipinski definition) is 4. The maximum Gasteiger partial charge on any atom is 0.221 e. The molecule has 1 amide bonds. The fourth-order valence-corrected chi connectivity index (χ4v) is 2.73. The van der Waals surface area contributed by atoms with Gasteiger partial charge in [0.2, 0.25) is 5.91 Å². The van der Waals surface area contributed by atoms with Crippen LogP contribution >= 0.6 is 0 Å². The van der Waals surface area contributed by atoms with Crippen molar-refractivity contribution in [3.05, 3.63) is 17.7 Å². The predicted octanol–water partition coefficient (Wildman–Crippen LogP) is 2.15. The van der Waals surface area contributed by atoms with Crippen LogP contribution in [-0.4, -0.2) is 31.2 Å². The number of hydrogen-bond donors (Lipinski definition) is 2. The van der Waals surface area contributed by atoms with Crippen molar-refractivity contribution >= 4 is 23.0 Å². The van der Waals surface area contributed by atoms with Gasteiger partial charge in [-0.2, -0.15) is 0 Å². The van der Waals surface area contributed by atoms with Gasteiger partial charge < -0.3 is 20.7 Å². The molecule has 1 aliphatic rings. The number of aryl methyl sites for hydroxylation is 1. The Morgan fingerprint density at radius 3 is 2.50 bits per heavy atom. The Bertz CT molecular complexity index is 506. The first-order chi connectivity index (χ1) is 9.36. The molecule has 0 aliphatic carbocycles. The monoisotopic (exact) mass is 277 g/mol. The second-order valence-corrected chi connectivity index (χ2v) is 5.57. The molecule has 2 rings (SSSR count). The number of rotatable bonds is 2. The molecule has 3 N–H and O–H groups in total. The molecule has 0 spiro atoms. The Morgan fingerprint density at radius 1 is 1.35 bits per heavy atom. The molecular formula is C15H23N3O2. The largest absolute Gasteiger partial charge is 0.397 e. The Labute approximate surface area is 120 Å². The molecular weight excluding hydrogens is 254 g/mol. The van der Waals surface area contributed by atoms with Gasteiger partial charge in [0.25, 0.3) is 0 Å². The number of nitrogens with two attached hydrogens (primary N) is 1. The Kier molecular flexibility index (Phi) is 4.18. The van der Waals surface area contributed by atoms with Gasteiger partial charge in [-0.3, -0.25) is 4.79 Å². The highest BCUT2D eigenvalue weighted by atomic mass is 16.5. The average Bonchev–Trinajstić information content (AvgIpc) is 2.30. The number of carbonyl (C=O) groups is 1. The van der Waals surface area contributed by atoms with Gasteiger partial charge in [-0.05, 0) is 38.5 Å². The Balaban J connectivity index is 2.32. The number of morpholine rings is 1. The summed E-state index contributed by atoms with van der Waals surface area (Å²) in [7, 11) is 0. The van der Waals surface area contributed by atoms with E-state index in [0.29, 0.717) is 11.4 Å². The van der Waals surface area contributed by atoms with E-state index in [0.717, 1.165) is 24.3 Å². The summed E-state index contributed by atoms with van der Waals surface area (Å²) in [6.07, 6.45) is 0.389. The summed E-state index contributed by atoms with van der Waals surface area (Å²) in [4.78, 5) is 13.5. The van der Waals surface area contributed by atoms with Gasteiger partial charge in [0.05, 0.1) is 23.6 Å². The van der Waals surface area contributed by atoms with E-state index in [1.54, 1.807) is 0 Å². The van der Waals surface area contributed by atoms with Crippen LogP contribution in [0.3, 0.4) is 0 Å². The summed E-state index contributed by atoms with van der Waals surface area (Å²) in [5.41, 5.74) is 9.44. The minimum atomic E-state index is -0.116. The first-order valence-corrected chi connectivity index (χ1v) is 6.95. The number of benzene rings is 1. The number of carbonyl (C=O) groups excluding carboxylic acids is 1. The van der Waals surface area contributed by atoms with Crippen LogP contribution < -0.4 is 16.0 Å². The van der Waals surface area contributed by atoms with Gasteiger partial charge >= 0.3 is 0 Å². The molecule has 1 aromatic rings. The van der Waals surface area contributed by atoms with Crippen LogP contribution in [0.2, 0.25) is 0 Å². The molecule has 1 heterocycles. The van der Waals surface area contributed by atoms with E-state index in [1.165, 1.54) is 6.92 Å². The summed E-state index contributed by atoms with van der Waals surface area (Å²) in [5, 5.41) is 2.78. The van der Waals surface area contributed by atoms with Gasteiger partial charge in [0, 0.05) is 25.7 Å². The number of nitrogens with zero attached hydrogens (tertiary/aromatic N) is 1. The summed E-state index contributed by atoms with van der Waals surface area (Å²) in [6, 6.07) is 3.86. The zero-order chi connectivity index (χ0) is 14.9. The van der Waals surface area contributed by atoms with Crippen molar-refractivity contribution in [3.8, 4) is 0 Å². The lowest BCUT2D eigenvalue weighted by molar-refractivity contribution is -0.114. The average molecular weight is 277 g/mol. The molecule has 1 aromatic carbocycles. The third-order valence-electron chi connectivity index (χ3n) is 3.44. The van der Waals surface area contributed by atoms with Crippen LogP contribution in [0.15, 0.2) is 12.1 Å². The SMILES string of the molecule is CC(=O)Nc1cc(N2CC(C)OC(C)C2)c(C)cc1N. The van der Waals surface area contributed by atoms with E-state index in [4.69, 9.17) is 10.5 Å². The van der Waals surface area contributed by atoms with E-state index in [1.807, 2.05) is 19.1 Å². The zero-order valence-corrected chi connectivity index (χ0v) is 12.6. The van der Waals surface area contributed by atoms with Crippen molar-refractivity contribution in [1.82, 2.24) is 0 Å². The quantitative estimate of drug-likeness (QED) is 0.813. The van der Waals surface area contributed by atoms with E-state index in [-0.39, 0.29) is 18.1 Å². The van der Waals surface area contributed by atoms with Crippen molar-refractivity contribution in [2.45, 2.75) is 39.9 Å². The fourth-order valence-electron chi connectivity index (χ4n) is 2.73. The first kappa shape index (κ1) is 14.7. The minimum Gasteiger partial charge on any atom is -0.397 e. The molecule has 0 bridgehead atoms. The summed E-state index contributed by atoms with van der Waals surface area (Å²) >= 11 is 0. The van der Waals surface area contributed by atoms with Crippen molar-refractivity contribution < 1.29 is 9.53 Å². The fraction of sp³-hybridized carbons (Fsp3) is 0.533. The van der Waals surface area contributed by atoms with Crippen molar-refractivity contribution in [1.29, 1.82) is 0 Å². The minimum absolute atomic E-state index is 0.116. The van der Waals surface area contributed by atoms with Gasteiger partial charge in [-0.15, -0.1) is 0 Å². The maximum atomic E-state index is 11.2. The third kappa shape index (κ3) is 3.22. The van der Waals surface area contributed by atoms with Crippen molar-refractivity contribution in [3.63, 3.8) is 0 Å². The standard InChI is InChI=1S/C15H23N3O2/c1-9-5-13(16)14(17-12(4)19)6-15(9)18-7-10(2)20-11(3)8-18/h5-6,10-11H,7-8,16H2,1-4H3,(H,17,19). The van der Waals surface area contributed by atoms with E-state index in [9.17, 15) is 4.79 Å². The molecule has 5 nitrogen and oxygen atoms in total. The van der Waals surface area contributed by atoms with Crippen molar-refractivity contribution in [2.75, 3.05) is 29.0 Å². The van der Waals surface area contributed by atoms with Crippen molar-refractivity contribution in [2.24, 2.45) is 0 Å².